The van der Waals surface area contributed by atoms with Crippen LogP contribution in [0.5, 0.6) is 0 Å². The monoisotopic (exact) mass is 363 g/mol. The van der Waals surface area contributed by atoms with Gasteiger partial charge in [-0.1, -0.05) is 30.4 Å². The van der Waals surface area contributed by atoms with Crippen LogP contribution in [0.25, 0.3) is 16.6 Å². The first-order chi connectivity index (χ1) is 13.1. The fourth-order valence-corrected chi connectivity index (χ4v) is 4.10. The highest BCUT2D eigenvalue weighted by molar-refractivity contribution is 5.80. The Morgan fingerprint density at radius 1 is 1.15 bits per heavy atom. The van der Waals surface area contributed by atoms with Gasteiger partial charge >= 0.3 is 0 Å². The lowest BCUT2D eigenvalue weighted by Crippen LogP contribution is -2.24. The van der Waals surface area contributed by atoms with E-state index in [1.807, 2.05) is 38.1 Å². The second kappa shape index (κ2) is 7.06. The second-order valence-electron chi connectivity index (χ2n) is 7.49. The van der Waals surface area contributed by atoms with Crippen molar-refractivity contribution >= 4 is 10.9 Å². The minimum atomic E-state index is -0.105. The molecule has 2 heterocycles. The summed E-state index contributed by atoms with van der Waals surface area (Å²) in [6.45, 7) is 4.51. The lowest BCUT2D eigenvalue weighted by atomic mass is 9.91. The molecule has 0 saturated carbocycles. The normalized spacial score (nSPS) is 16.9. The van der Waals surface area contributed by atoms with Crippen molar-refractivity contribution in [2.24, 2.45) is 5.92 Å². The summed E-state index contributed by atoms with van der Waals surface area (Å²) in [6.07, 6.45) is 8.81. The highest BCUT2D eigenvalue weighted by Gasteiger charge is 2.17. The molecule has 1 aliphatic carbocycles. The van der Waals surface area contributed by atoms with E-state index in [-0.39, 0.29) is 11.1 Å². The van der Waals surface area contributed by atoms with Crippen LogP contribution in [0.2, 0.25) is 0 Å². The summed E-state index contributed by atoms with van der Waals surface area (Å²) in [5.41, 5.74) is 3.01. The first-order valence-corrected chi connectivity index (χ1v) is 9.62. The Morgan fingerprint density at radius 2 is 1.96 bits per heavy atom. The molecule has 0 bridgehead atoms. The number of allylic oxidation sites excluding steroid dienone is 2. The highest BCUT2D eigenvalue weighted by Crippen LogP contribution is 2.22. The molecule has 1 unspecified atom stereocenters. The Bertz CT molecular complexity index is 1130. The van der Waals surface area contributed by atoms with Gasteiger partial charge in [-0.15, -0.1) is 0 Å². The van der Waals surface area contributed by atoms with Gasteiger partial charge in [-0.2, -0.15) is 0 Å². The highest BCUT2D eigenvalue weighted by atomic mass is 16.1. The van der Waals surface area contributed by atoms with Gasteiger partial charge in [0, 0.05) is 18.3 Å². The minimum Gasteiger partial charge on any atom is -0.312 e. The van der Waals surface area contributed by atoms with Crippen molar-refractivity contribution in [2.45, 2.75) is 46.1 Å². The van der Waals surface area contributed by atoms with Crippen LogP contribution in [-0.4, -0.2) is 14.3 Å². The van der Waals surface area contributed by atoms with Gasteiger partial charge in [0.15, 0.2) is 0 Å². The van der Waals surface area contributed by atoms with Crippen LogP contribution in [0.4, 0.5) is 0 Å². The number of nitrogens with one attached hydrogen (secondary N) is 1. The van der Waals surface area contributed by atoms with E-state index in [0.29, 0.717) is 23.4 Å². The van der Waals surface area contributed by atoms with Crippen molar-refractivity contribution in [1.82, 2.24) is 14.3 Å². The third-order valence-corrected chi connectivity index (χ3v) is 5.71. The minimum absolute atomic E-state index is 0.0514. The average molecular weight is 363 g/mol. The van der Waals surface area contributed by atoms with E-state index < -0.39 is 0 Å². The maximum Gasteiger partial charge on any atom is 0.280 e. The molecule has 0 saturated heterocycles. The molecule has 0 aliphatic heterocycles. The average Bonchev–Trinajstić information content (AvgIpc) is 2.99. The summed E-state index contributed by atoms with van der Waals surface area (Å²) in [5, 5.41) is 3.72. The van der Waals surface area contributed by atoms with E-state index in [9.17, 15) is 9.59 Å². The van der Waals surface area contributed by atoms with Gasteiger partial charge in [-0.25, -0.2) is 4.68 Å². The maximum atomic E-state index is 13.1. The molecule has 1 N–H and O–H groups in total. The molecule has 0 radical (unpaired) electrons. The first kappa shape index (κ1) is 17.6. The van der Waals surface area contributed by atoms with E-state index in [4.69, 9.17) is 0 Å². The van der Waals surface area contributed by atoms with Gasteiger partial charge in [0.05, 0.1) is 16.6 Å². The van der Waals surface area contributed by atoms with Crippen LogP contribution >= 0.6 is 0 Å². The molecule has 0 spiro atoms. The number of aromatic amines is 1. The number of hydrogen-bond donors (Lipinski definition) is 1. The van der Waals surface area contributed by atoms with E-state index >= 15 is 0 Å². The number of fused-ring (bicyclic) bond motifs is 1. The number of nitrogens with zero attached hydrogens (tertiary/aromatic N) is 2. The largest absolute Gasteiger partial charge is 0.312 e. The van der Waals surface area contributed by atoms with Crippen LogP contribution in [-0.2, 0) is 6.54 Å². The summed E-state index contributed by atoms with van der Waals surface area (Å²) in [4.78, 5) is 25.7. The fourth-order valence-electron chi connectivity index (χ4n) is 4.10. The molecule has 1 aromatic carbocycles. The van der Waals surface area contributed by atoms with Crippen LogP contribution in [0.15, 0.2) is 52.1 Å². The number of H-pyrrole nitrogens is 1. The molecular weight excluding hydrogens is 338 g/mol. The molecule has 140 valence electrons. The first-order valence-electron chi connectivity index (χ1n) is 9.62. The van der Waals surface area contributed by atoms with Crippen LogP contribution < -0.4 is 11.1 Å². The number of aryl methyl sites for hydroxylation is 2. The predicted molar refractivity (Wildman–Crippen MR) is 109 cm³/mol. The lowest BCUT2D eigenvalue weighted by Gasteiger charge is -2.19. The molecular formula is C22H25N3O2. The second-order valence-corrected chi connectivity index (χ2v) is 7.49. The summed E-state index contributed by atoms with van der Waals surface area (Å²) < 4.78 is 3.31. The Balaban J connectivity index is 1.76. The number of aromatic nitrogens is 3. The van der Waals surface area contributed by atoms with Crippen molar-refractivity contribution in [3.8, 4) is 5.69 Å². The zero-order valence-corrected chi connectivity index (χ0v) is 15.9. The van der Waals surface area contributed by atoms with Crippen molar-refractivity contribution in [2.75, 3.05) is 0 Å². The van der Waals surface area contributed by atoms with Gasteiger partial charge in [-0.05, 0) is 57.1 Å². The molecule has 3 aromatic rings. The predicted octanol–water partition coefficient (Wildman–Crippen LogP) is 3.84. The Kier molecular flexibility index (Phi) is 4.60. The number of hydrogen-bond acceptors (Lipinski definition) is 2. The Hall–Kier alpha value is -2.82. The maximum absolute atomic E-state index is 13.1. The topological polar surface area (TPSA) is 59.8 Å². The SMILES string of the molecule is Cc1ccccc1-n1[nH]c2cc(=O)n(CCC3CC=CCC3)c(C)c2c1=O. The van der Waals surface area contributed by atoms with Crippen molar-refractivity contribution in [3.63, 3.8) is 0 Å². The molecule has 5 nitrogen and oxygen atoms in total. The molecule has 4 rings (SSSR count). The smallest absolute Gasteiger partial charge is 0.280 e. The zero-order valence-electron chi connectivity index (χ0n) is 15.9. The number of benzene rings is 1. The molecule has 5 heteroatoms. The summed E-state index contributed by atoms with van der Waals surface area (Å²) in [6, 6.07) is 9.29. The molecule has 0 amide bonds. The third kappa shape index (κ3) is 3.18. The molecule has 1 aliphatic rings. The summed E-state index contributed by atoms with van der Waals surface area (Å²) in [7, 11) is 0. The summed E-state index contributed by atoms with van der Waals surface area (Å²) >= 11 is 0. The standard InChI is InChI=1S/C22H25N3O2/c1-15-8-6-7-11-19(15)25-22(27)21-16(2)24(20(26)14-18(21)23-25)13-12-17-9-4-3-5-10-17/h3-4,6-8,11,14,17,23H,5,9-10,12-13H2,1-2H3. The fraction of sp³-hybridized carbons (Fsp3) is 0.364. The van der Waals surface area contributed by atoms with Crippen molar-refractivity contribution < 1.29 is 0 Å². The lowest BCUT2D eigenvalue weighted by molar-refractivity contribution is 0.409. The van der Waals surface area contributed by atoms with Gasteiger partial charge in [-0.3, -0.25) is 14.7 Å². The van der Waals surface area contributed by atoms with E-state index in [0.717, 1.165) is 36.2 Å². The van der Waals surface area contributed by atoms with Gasteiger partial charge in [0.2, 0.25) is 0 Å². The van der Waals surface area contributed by atoms with Crippen LogP contribution in [0, 0.1) is 19.8 Å². The molecule has 27 heavy (non-hydrogen) atoms. The van der Waals surface area contributed by atoms with Gasteiger partial charge in [0.25, 0.3) is 11.1 Å². The van der Waals surface area contributed by atoms with Gasteiger partial charge < -0.3 is 4.57 Å². The quantitative estimate of drug-likeness (QED) is 0.716. The van der Waals surface area contributed by atoms with Crippen LogP contribution in [0.1, 0.15) is 36.9 Å². The Labute approximate surface area is 157 Å². The third-order valence-electron chi connectivity index (χ3n) is 5.71. The van der Waals surface area contributed by atoms with Gasteiger partial charge in [0.1, 0.15) is 0 Å². The van der Waals surface area contributed by atoms with E-state index in [1.54, 1.807) is 15.3 Å². The zero-order chi connectivity index (χ0) is 19.0. The van der Waals surface area contributed by atoms with E-state index in [2.05, 4.69) is 17.3 Å². The molecule has 0 fully saturated rings. The number of rotatable bonds is 4. The molecule has 2 aromatic heterocycles. The van der Waals surface area contributed by atoms with E-state index in [1.165, 1.54) is 6.42 Å². The molecule has 1 atom stereocenters. The van der Waals surface area contributed by atoms with Crippen molar-refractivity contribution in [1.29, 1.82) is 0 Å². The Morgan fingerprint density at radius 3 is 2.70 bits per heavy atom. The number of para-hydroxylation sites is 1. The summed E-state index contributed by atoms with van der Waals surface area (Å²) in [5.74, 6) is 0.617. The van der Waals surface area contributed by atoms with Crippen molar-refractivity contribution in [3.05, 3.63) is 74.4 Å². The number of pyridine rings is 1. The van der Waals surface area contributed by atoms with Crippen LogP contribution in [0.3, 0.4) is 0 Å².